The highest BCUT2D eigenvalue weighted by molar-refractivity contribution is 5.84. The Labute approximate surface area is 178 Å². The first-order valence-corrected chi connectivity index (χ1v) is 10.7. The lowest BCUT2D eigenvalue weighted by molar-refractivity contribution is 0.181. The summed E-state index contributed by atoms with van der Waals surface area (Å²) in [5, 5.41) is 13.3. The summed E-state index contributed by atoms with van der Waals surface area (Å²) in [6, 6.07) is 8.25. The zero-order chi connectivity index (χ0) is 21.4. The van der Waals surface area contributed by atoms with Gasteiger partial charge in [-0.3, -0.25) is 4.79 Å². The molecule has 8 heteroatoms. The molecule has 1 saturated carbocycles. The number of halogens is 1. The molecule has 0 atom stereocenters. The van der Waals surface area contributed by atoms with E-state index in [0.717, 1.165) is 36.8 Å². The molecule has 1 aliphatic rings. The van der Waals surface area contributed by atoms with Crippen LogP contribution in [0.15, 0.2) is 41.3 Å². The Morgan fingerprint density at radius 3 is 2.52 bits per heavy atom. The Hall–Kier alpha value is -3.13. The van der Waals surface area contributed by atoms with E-state index in [-0.39, 0.29) is 24.0 Å². The van der Waals surface area contributed by atoms with Gasteiger partial charge in [-0.05, 0) is 36.6 Å². The van der Waals surface area contributed by atoms with Crippen LogP contribution in [-0.4, -0.2) is 31.5 Å². The van der Waals surface area contributed by atoms with Crippen molar-refractivity contribution in [3.8, 4) is 11.1 Å². The first kappa shape index (κ1) is 19.8. The summed E-state index contributed by atoms with van der Waals surface area (Å²) in [6.07, 6.45) is 8.60. The van der Waals surface area contributed by atoms with Crippen LogP contribution in [0.2, 0.25) is 0 Å². The molecule has 0 saturated heterocycles. The lowest BCUT2D eigenvalue weighted by atomic mass is 10.1. The standard InChI is InChI=1S/C23H24FN5O2/c1-31-14-18-20(15-8-10-16(24)11-9-15)22-26-25-21-19(29(22)27-18)12-13-28(23(21)30)17-6-4-2-3-5-7-17/h8-13,17H,2-7,14H2,1H3. The van der Waals surface area contributed by atoms with Crippen LogP contribution in [0.5, 0.6) is 0 Å². The number of methoxy groups -OCH3 is 1. The molecule has 0 unspecified atom stereocenters. The first-order chi connectivity index (χ1) is 15.2. The van der Waals surface area contributed by atoms with E-state index in [2.05, 4.69) is 15.3 Å². The molecule has 0 N–H and O–H groups in total. The van der Waals surface area contributed by atoms with Gasteiger partial charge in [0.25, 0.3) is 5.56 Å². The van der Waals surface area contributed by atoms with Crippen molar-refractivity contribution in [1.29, 1.82) is 0 Å². The van der Waals surface area contributed by atoms with Crippen LogP contribution in [0.4, 0.5) is 4.39 Å². The number of hydrogen-bond donors (Lipinski definition) is 0. The molecule has 3 heterocycles. The highest BCUT2D eigenvalue weighted by atomic mass is 19.1. The van der Waals surface area contributed by atoms with E-state index in [1.807, 2.05) is 16.8 Å². The molecule has 3 aromatic heterocycles. The molecule has 5 rings (SSSR count). The highest BCUT2D eigenvalue weighted by Crippen LogP contribution is 2.30. The smallest absolute Gasteiger partial charge is 0.280 e. The van der Waals surface area contributed by atoms with Gasteiger partial charge in [0, 0.05) is 19.3 Å². The van der Waals surface area contributed by atoms with Gasteiger partial charge in [0.2, 0.25) is 0 Å². The maximum atomic E-state index is 13.4. The first-order valence-electron chi connectivity index (χ1n) is 10.7. The van der Waals surface area contributed by atoms with Gasteiger partial charge < -0.3 is 9.30 Å². The second kappa shape index (κ2) is 8.19. The predicted octanol–water partition coefficient (Wildman–Crippen LogP) is 4.29. The Morgan fingerprint density at radius 2 is 1.81 bits per heavy atom. The Bertz CT molecular complexity index is 1290. The van der Waals surface area contributed by atoms with Gasteiger partial charge in [-0.15, -0.1) is 10.2 Å². The van der Waals surface area contributed by atoms with Crippen molar-refractivity contribution < 1.29 is 9.13 Å². The number of aromatic nitrogens is 5. The van der Waals surface area contributed by atoms with Crippen LogP contribution in [0.3, 0.4) is 0 Å². The third-order valence-electron chi connectivity index (χ3n) is 6.11. The van der Waals surface area contributed by atoms with Crippen LogP contribution in [-0.2, 0) is 11.3 Å². The fourth-order valence-electron chi connectivity index (χ4n) is 4.58. The molecule has 0 bridgehead atoms. The van der Waals surface area contributed by atoms with E-state index < -0.39 is 0 Å². The van der Waals surface area contributed by atoms with E-state index in [9.17, 15) is 9.18 Å². The van der Waals surface area contributed by atoms with Gasteiger partial charge in [0.05, 0.1) is 17.9 Å². The number of benzene rings is 1. The zero-order valence-electron chi connectivity index (χ0n) is 17.4. The molecular weight excluding hydrogens is 397 g/mol. The van der Waals surface area contributed by atoms with Gasteiger partial charge in [0.1, 0.15) is 11.3 Å². The summed E-state index contributed by atoms with van der Waals surface area (Å²) >= 11 is 0. The van der Waals surface area contributed by atoms with Crippen molar-refractivity contribution in [2.24, 2.45) is 0 Å². The maximum Gasteiger partial charge on any atom is 0.280 e. The van der Waals surface area contributed by atoms with Gasteiger partial charge in [-0.25, -0.2) is 8.91 Å². The molecule has 0 radical (unpaired) electrons. The van der Waals surface area contributed by atoms with Gasteiger partial charge in [-0.1, -0.05) is 37.8 Å². The number of nitrogens with zero attached hydrogens (tertiary/aromatic N) is 5. The molecule has 4 aromatic rings. The molecular formula is C23H24FN5O2. The molecule has 160 valence electrons. The van der Waals surface area contributed by atoms with Crippen molar-refractivity contribution in [3.63, 3.8) is 0 Å². The largest absolute Gasteiger partial charge is 0.378 e. The van der Waals surface area contributed by atoms with Crippen molar-refractivity contribution >= 4 is 16.7 Å². The minimum Gasteiger partial charge on any atom is -0.378 e. The fourth-order valence-corrected chi connectivity index (χ4v) is 4.58. The second-order valence-electron chi connectivity index (χ2n) is 8.10. The normalized spacial score (nSPS) is 15.5. The molecule has 1 aliphatic carbocycles. The van der Waals surface area contributed by atoms with E-state index in [0.29, 0.717) is 22.4 Å². The number of ether oxygens (including phenoxy) is 1. The van der Waals surface area contributed by atoms with Gasteiger partial charge in [-0.2, -0.15) is 5.10 Å². The van der Waals surface area contributed by atoms with Crippen LogP contribution < -0.4 is 5.56 Å². The lowest BCUT2D eigenvalue weighted by Crippen LogP contribution is -2.25. The molecule has 0 amide bonds. The Kier molecular flexibility index (Phi) is 5.23. The third-order valence-corrected chi connectivity index (χ3v) is 6.11. The monoisotopic (exact) mass is 421 g/mol. The van der Waals surface area contributed by atoms with Crippen LogP contribution >= 0.6 is 0 Å². The Balaban J connectivity index is 1.69. The summed E-state index contributed by atoms with van der Waals surface area (Å²) in [7, 11) is 1.59. The lowest BCUT2D eigenvalue weighted by Gasteiger charge is -2.17. The molecule has 0 aliphatic heterocycles. The van der Waals surface area contributed by atoms with Crippen LogP contribution in [0.25, 0.3) is 27.8 Å². The predicted molar refractivity (Wildman–Crippen MR) is 115 cm³/mol. The maximum absolute atomic E-state index is 13.4. The highest BCUT2D eigenvalue weighted by Gasteiger charge is 2.21. The van der Waals surface area contributed by atoms with Crippen molar-refractivity contribution in [2.75, 3.05) is 7.11 Å². The minimum atomic E-state index is -0.316. The van der Waals surface area contributed by atoms with Crippen LogP contribution in [0.1, 0.15) is 50.3 Å². The molecule has 31 heavy (non-hydrogen) atoms. The van der Waals surface area contributed by atoms with Crippen LogP contribution in [0, 0.1) is 5.82 Å². The van der Waals surface area contributed by atoms with E-state index in [1.54, 1.807) is 23.8 Å². The zero-order valence-corrected chi connectivity index (χ0v) is 17.4. The second-order valence-corrected chi connectivity index (χ2v) is 8.10. The van der Waals surface area contributed by atoms with Crippen molar-refractivity contribution in [3.05, 3.63) is 58.4 Å². The molecule has 7 nitrogen and oxygen atoms in total. The summed E-state index contributed by atoms with van der Waals surface area (Å²) in [4.78, 5) is 13.3. The number of rotatable bonds is 4. The van der Waals surface area contributed by atoms with Gasteiger partial charge in [0.15, 0.2) is 11.2 Å². The summed E-state index contributed by atoms with van der Waals surface area (Å²) in [5.74, 6) is -0.316. The molecule has 1 fully saturated rings. The molecule has 0 spiro atoms. The fraction of sp³-hybridized carbons (Fsp3) is 0.391. The van der Waals surface area contributed by atoms with E-state index in [4.69, 9.17) is 4.74 Å². The number of hydrogen-bond acceptors (Lipinski definition) is 5. The van der Waals surface area contributed by atoms with Crippen molar-refractivity contribution in [2.45, 2.75) is 51.2 Å². The third kappa shape index (κ3) is 3.50. The Morgan fingerprint density at radius 1 is 1.06 bits per heavy atom. The summed E-state index contributed by atoms with van der Waals surface area (Å²) in [5.41, 5.74) is 3.43. The molecule has 1 aromatic carbocycles. The van der Waals surface area contributed by atoms with E-state index >= 15 is 0 Å². The summed E-state index contributed by atoms with van der Waals surface area (Å²) < 4.78 is 22.2. The summed E-state index contributed by atoms with van der Waals surface area (Å²) in [6.45, 7) is 0.261. The number of fused-ring (bicyclic) bond motifs is 3. The van der Waals surface area contributed by atoms with Gasteiger partial charge >= 0.3 is 0 Å². The van der Waals surface area contributed by atoms with Crippen molar-refractivity contribution in [1.82, 2.24) is 24.4 Å². The average molecular weight is 421 g/mol. The quantitative estimate of drug-likeness (QED) is 0.460. The topological polar surface area (TPSA) is 74.3 Å². The average Bonchev–Trinajstić information content (AvgIpc) is 2.94. The number of pyridine rings is 1. The minimum absolute atomic E-state index is 0.133. The van der Waals surface area contributed by atoms with E-state index in [1.165, 1.54) is 25.0 Å². The SMILES string of the molecule is COCc1nn2c(nnc3c(=O)n(C4CCCCCC4)ccc32)c1-c1ccc(F)cc1.